The minimum absolute atomic E-state index is 0.614. The third-order valence-corrected chi connectivity index (χ3v) is 6.69. The van der Waals surface area contributed by atoms with Crippen molar-refractivity contribution in [3.63, 3.8) is 0 Å². The number of pyridine rings is 2. The van der Waals surface area contributed by atoms with Gasteiger partial charge in [-0.2, -0.15) is 0 Å². The maximum Gasteiger partial charge on any atom is 0.191 e. The molecule has 4 aromatic heterocycles. The van der Waals surface area contributed by atoms with Crippen LogP contribution >= 0.6 is 0 Å². The van der Waals surface area contributed by atoms with E-state index in [0.717, 1.165) is 55.4 Å². The van der Waals surface area contributed by atoms with Crippen LogP contribution in [-0.2, 0) is 0 Å². The fourth-order valence-corrected chi connectivity index (χ4v) is 5.06. The summed E-state index contributed by atoms with van der Waals surface area (Å²) in [4.78, 5) is 18.5. The maximum atomic E-state index is 5.77. The highest BCUT2D eigenvalue weighted by molar-refractivity contribution is 6.20. The molecule has 6 nitrogen and oxygen atoms in total. The number of hydrogen-bond donors (Lipinski definition) is 0. The van der Waals surface area contributed by atoms with Crippen LogP contribution in [0, 0.1) is 13.8 Å². The van der Waals surface area contributed by atoms with Gasteiger partial charge >= 0.3 is 0 Å². The van der Waals surface area contributed by atoms with Crippen molar-refractivity contribution in [3.8, 4) is 45.4 Å². The van der Waals surface area contributed by atoms with E-state index in [1.165, 1.54) is 0 Å². The average Bonchev–Trinajstić information content (AvgIpc) is 3.60. The monoisotopic (exact) mass is 494 g/mol. The molecule has 182 valence electrons. The second-order valence-electron chi connectivity index (χ2n) is 9.14. The van der Waals surface area contributed by atoms with E-state index < -0.39 is 0 Å². The van der Waals surface area contributed by atoms with Gasteiger partial charge in [0.05, 0.1) is 23.8 Å². The van der Waals surface area contributed by atoms with Gasteiger partial charge in [-0.1, -0.05) is 60.7 Å². The number of hydrogen-bond acceptors (Lipinski definition) is 6. The zero-order chi connectivity index (χ0) is 25.6. The minimum atomic E-state index is 0.614. The lowest BCUT2D eigenvalue weighted by atomic mass is 9.88. The molecular formula is C32H22N4O2. The molecule has 0 unspecified atom stereocenters. The van der Waals surface area contributed by atoms with Gasteiger partial charge in [0, 0.05) is 25.0 Å². The lowest BCUT2D eigenvalue weighted by molar-refractivity contribution is 0.532. The molecule has 0 bridgehead atoms. The molecule has 3 aromatic carbocycles. The molecule has 0 amide bonds. The van der Waals surface area contributed by atoms with Crippen molar-refractivity contribution in [2.24, 2.45) is 0 Å². The van der Waals surface area contributed by atoms with Gasteiger partial charge in [0.2, 0.25) is 0 Å². The molecular weight excluding hydrogens is 472 g/mol. The Bertz CT molecular complexity index is 1770. The Morgan fingerprint density at radius 1 is 0.447 bits per heavy atom. The molecule has 0 saturated heterocycles. The fourth-order valence-electron chi connectivity index (χ4n) is 5.06. The number of benzene rings is 3. The summed E-state index contributed by atoms with van der Waals surface area (Å²) in [7, 11) is 0. The third kappa shape index (κ3) is 3.66. The molecule has 7 aromatic rings. The average molecular weight is 495 g/mol. The molecule has 7 rings (SSSR count). The van der Waals surface area contributed by atoms with Crippen molar-refractivity contribution >= 4 is 21.5 Å². The van der Waals surface area contributed by atoms with Crippen LogP contribution in [0.3, 0.4) is 0 Å². The Hall–Kier alpha value is -5.10. The van der Waals surface area contributed by atoms with Gasteiger partial charge in [0.15, 0.2) is 23.3 Å². The normalized spacial score (nSPS) is 11.4. The number of rotatable bonds is 4. The van der Waals surface area contributed by atoms with Crippen LogP contribution in [-0.4, -0.2) is 19.9 Å². The van der Waals surface area contributed by atoms with Crippen molar-refractivity contribution in [2.45, 2.75) is 13.8 Å². The molecule has 0 spiro atoms. The number of nitrogens with zero attached hydrogens (tertiary/aromatic N) is 4. The summed E-state index contributed by atoms with van der Waals surface area (Å²) in [5.74, 6) is 2.53. The second-order valence-corrected chi connectivity index (χ2v) is 9.14. The molecule has 6 heteroatoms. The Balaban J connectivity index is 1.51. The summed E-state index contributed by atoms with van der Waals surface area (Å²) in [6.45, 7) is 3.67. The molecule has 0 atom stereocenters. The van der Waals surface area contributed by atoms with Crippen molar-refractivity contribution in [2.75, 3.05) is 0 Å². The first-order valence-corrected chi connectivity index (χ1v) is 12.4. The highest BCUT2D eigenvalue weighted by Gasteiger charge is 2.19. The summed E-state index contributed by atoms with van der Waals surface area (Å²) in [5.41, 5.74) is 5.37. The molecule has 38 heavy (non-hydrogen) atoms. The van der Waals surface area contributed by atoms with E-state index in [9.17, 15) is 0 Å². The van der Waals surface area contributed by atoms with Crippen molar-refractivity contribution < 1.29 is 8.83 Å². The van der Waals surface area contributed by atoms with Gasteiger partial charge < -0.3 is 8.83 Å². The Morgan fingerprint density at radius 3 is 1.16 bits per heavy atom. The van der Waals surface area contributed by atoms with E-state index >= 15 is 0 Å². The van der Waals surface area contributed by atoms with Crippen LogP contribution in [0.1, 0.15) is 11.8 Å². The smallest absolute Gasteiger partial charge is 0.191 e. The minimum Gasteiger partial charge on any atom is -0.439 e. The first-order chi connectivity index (χ1) is 18.7. The largest absolute Gasteiger partial charge is 0.439 e. The summed E-state index contributed by atoms with van der Waals surface area (Å²) in [5, 5.41) is 4.40. The van der Waals surface area contributed by atoms with Gasteiger partial charge in [-0.05, 0) is 45.8 Å². The molecule has 0 radical (unpaired) electrons. The summed E-state index contributed by atoms with van der Waals surface area (Å²) < 4.78 is 11.5. The van der Waals surface area contributed by atoms with Gasteiger partial charge in [0.1, 0.15) is 11.4 Å². The predicted octanol–water partition coefficient (Wildman–Crippen LogP) is 8.04. The number of aryl methyl sites for hydroxylation is 2. The third-order valence-electron chi connectivity index (χ3n) is 6.69. The molecule has 0 fully saturated rings. The molecule has 0 aliphatic carbocycles. The quantitative estimate of drug-likeness (QED) is 0.230. The molecule has 0 aliphatic rings. The van der Waals surface area contributed by atoms with Crippen LogP contribution < -0.4 is 0 Å². The highest BCUT2D eigenvalue weighted by atomic mass is 16.4. The molecule has 0 saturated carbocycles. The Kier molecular flexibility index (Phi) is 5.11. The topological polar surface area (TPSA) is 77.8 Å². The van der Waals surface area contributed by atoms with Crippen LogP contribution in [0.5, 0.6) is 0 Å². The van der Waals surface area contributed by atoms with Crippen LogP contribution in [0.2, 0.25) is 0 Å². The van der Waals surface area contributed by atoms with Gasteiger partial charge in [-0.3, -0.25) is 0 Å². The molecule has 4 heterocycles. The van der Waals surface area contributed by atoms with E-state index in [2.05, 4.69) is 58.5 Å². The zero-order valence-electron chi connectivity index (χ0n) is 20.8. The van der Waals surface area contributed by atoms with Gasteiger partial charge in [-0.25, -0.2) is 19.9 Å². The van der Waals surface area contributed by atoms with Crippen molar-refractivity contribution in [1.82, 2.24) is 19.9 Å². The summed E-state index contributed by atoms with van der Waals surface area (Å²) in [6, 6.07) is 28.9. The van der Waals surface area contributed by atoms with Gasteiger partial charge in [-0.15, -0.1) is 0 Å². The van der Waals surface area contributed by atoms with E-state index in [1.807, 2.05) is 50.2 Å². The maximum absolute atomic E-state index is 5.77. The fraction of sp³-hybridized carbons (Fsp3) is 0.0625. The number of fused-ring (bicyclic) bond motifs is 2. The van der Waals surface area contributed by atoms with Crippen LogP contribution in [0.15, 0.2) is 106 Å². The lowest BCUT2D eigenvalue weighted by Gasteiger charge is -2.17. The SMILES string of the molecule is Cc1ncc(-c2cccc(-c3c4ccccc4c(-c4cccc(-c5cnc(C)o5)n4)c4ccccc34)n2)o1. The first kappa shape index (κ1) is 22.1. The Labute approximate surface area is 218 Å². The lowest BCUT2D eigenvalue weighted by Crippen LogP contribution is -1.95. The molecule has 0 aliphatic heterocycles. The van der Waals surface area contributed by atoms with Crippen LogP contribution in [0.25, 0.3) is 67.0 Å². The number of aromatic nitrogens is 4. The zero-order valence-corrected chi connectivity index (χ0v) is 20.8. The summed E-state index contributed by atoms with van der Waals surface area (Å²) in [6.07, 6.45) is 3.44. The van der Waals surface area contributed by atoms with Crippen LogP contribution in [0.4, 0.5) is 0 Å². The van der Waals surface area contributed by atoms with E-state index in [1.54, 1.807) is 12.4 Å². The van der Waals surface area contributed by atoms with E-state index in [4.69, 9.17) is 18.8 Å². The van der Waals surface area contributed by atoms with E-state index in [0.29, 0.717) is 23.3 Å². The Morgan fingerprint density at radius 2 is 0.816 bits per heavy atom. The van der Waals surface area contributed by atoms with E-state index in [-0.39, 0.29) is 0 Å². The van der Waals surface area contributed by atoms with Crippen molar-refractivity contribution in [3.05, 3.63) is 109 Å². The highest BCUT2D eigenvalue weighted by Crippen LogP contribution is 2.43. The predicted molar refractivity (Wildman–Crippen MR) is 148 cm³/mol. The van der Waals surface area contributed by atoms with Gasteiger partial charge in [0.25, 0.3) is 0 Å². The second kappa shape index (κ2) is 8.78. The summed E-state index contributed by atoms with van der Waals surface area (Å²) >= 11 is 0. The molecule has 0 N–H and O–H groups in total. The standard InChI is InChI=1S/C32H22N4O2/c1-19-33-17-29(37-19)25-13-7-15-27(35-25)31-21-9-3-5-11-23(21)32(24-12-6-4-10-22(24)31)28-16-8-14-26(36-28)30-18-34-20(2)38-30/h3-18H,1-2H3. The number of oxazole rings is 2. The first-order valence-electron chi connectivity index (χ1n) is 12.4. The van der Waals surface area contributed by atoms with Crippen molar-refractivity contribution in [1.29, 1.82) is 0 Å².